The number of aromatic nitrogens is 3. The second-order valence-electron chi connectivity index (χ2n) is 9.88. The molecule has 0 spiro atoms. The van der Waals surface area contributed by atoms with Gasteiger partial charge in [0.2, 0.25) is 5.91 Å². The van der Waals surface area contributed by atoms with Crippen LogP contribution in [0, 0.1) is 0 Å². The monoisotopic (exact) mass is 511 g/mol. The van der Waals surface area contributed by atoms with E-state index < -0.39 is 5.54 Å². The molecule has 0 aliphatic carbocycles. The Kier molecular flexibility index (Phi) is 7.71. The van der Waals surface area contributed by atoms with Crippen LogP contribution in [0.4, 0.5) is 5.82 Å². The molecule has 5 rings (SSSR count). The first-order valence-electron chi connectivity index (χ1n) is 12.7. The molecule has 2 aliphatic rings. The number of piperidine rings is 1. The standard InChI is InChI=1S/C26H34ClN7O2/c27-20-3-1-19(2-4-20)22(6-10-33-13-15-36-16-14-33)32-23(35)17-26(28)7-11-34(12-8-26)25-21-5-9-29-24(21)30-18-31-25/h1-5,9,18,22H,6-8,10-17,28H2,(H,32,35)(H,29,30,31)/t22-/m0/s1. The molecule has 2 fully saturated rings. The Labute approximate surface area is 216 Å². The molecule has 0 saturated carbocycles. The largest absolute Gasteiger partial charge is 0.379 e. The zero-order valence-electron chi connectivity index (χ0n) is 20.5. The van der Waals surface area contributed by atoms with Gasteiger partial charge >= 0.3 is 0 Å². The summed E-state index contributed by atoms with van der Waals surface area (Å²) in [6, 6.07) is 9.64. The van der Waals surface area contributed by atoms with Crippen LogP contribution in [0.15, 0.2) is 42.9 Å². The summed E-state index contributed by atoms with van der Waals surface area (Å²) in [5.74, 6) is 0.904. The van der Waals surface area contributed by atoms with Crippen LogP contribution < -0.4 is 16.0 Å². The summed E-state index contributed by atoms with van der Waals surface area (Å²) in [4.78, 5) is 29.8. The number of hydrogen-bond donors (Lipinski definition) is 3. The van der Waals surface area contributed by atoms with Crippen LogP contribution in [0.5, 0.6) is 0 Å². The lowest BCUT2D eigenvalue weighted by Crippen LogP contribution is -2.53. The molecule has 1 amide bonds. The van der Waals surface area contributed by atoms with Crippen molar-refractivity contribution in [2.24, 2.45) is 5.73 Å². The van der Waals surface area contributed by atoms with Crippen molar-refractivity contribution in [3.05, 3.63) is 53.4 Å². The van der Waals surface area contributed by atoms with Crippen molar-refractivity contribution in [3.63, 3.8) is 0 Å². The first kappa shape index (κ1) is 25.0. The van der Waals surface area contributed by atoms with Gasteiger partial charge in [-0.1, -0.05) is 23.7 Å². The van der Waals surface area contributed by atoms with Gasteiger partial charge in [0.1, 0.15) is 17.8 Å². The Morgan fingerprint density at radius 1 is 1.14 bits per heavy atom. The van der Waals surface area contributed by atoms with Crippen LogP contribution in [0.25, 0.3) is 11.0 Å². The van der Waals surface area contributed by atoms with Gasteiger partial charge in [-0.15, -0.1) is 0 Å². The van der Waals surface area contributed by atoms with E-state index in [-0.39, 0.29) is 11.9 Å². The number of nitrogens with two attached hydrogens (primary N) is 1. The number of benzene rings is 1. The number of halogens is 1. The smallest absolute Gasteiger partial charge is 0.222 e. The summed E-state index contributed by atoms with van der Waals surface area (Å²) in [5.41, 5.74) is 8.09. The molecule has 4 N–H and O–H groups in total. The SMILES string of the molecule is NC1(CC(=O)N[C@@H](CCN2CCOCC2)c2ccc(Cl)cc2)CCN(c2ncnc3[nH]ccc23)CC1. The fraction of sp³-hybridized carbons (Fsp3) is 0.500. The Bertz CT molecular complexity index is 1150. The van der Waals surface area contributed by atoms with Crippen molar-refractivity contribution in [3.8, 4) is 0 Å². The molecule has 4 heterocycles. The number of hydrogen-bond acceptors (Lipinski definition) is 7. The van der Waals surface area contributed by atoms with E-state index in [4.69, 9.17) is 22.1 Å². The lowest BCUT2D eigenvalue weighted by atomic mass is 9.85. The Hall–Kier alpha value is -2.72. The molecule has 1 aromatic carbocycles. The first-order valence-corrected chi connectivity index (χ1v) is 13.0. The minimum Gasteiger partial charge on any atom is -0.379 e. The average molecular weight is 512 g/mol. The normalized spacial score (nSPS) is 19.3. The molecular weight excluding hydrogens is 478 g/mol. The molecule has 192 valence electrons. The van der Waals surface area contributed by atoms with E-state index in [9.17, 15) is 4.79 Å². The lowest BCUT2D eigenvalue weighted by Gasteiger charge is -2.39. The third kappa shape index (κ3) is 5.98. The molecule has 2 aliphatic heterocycles. The quantitative estimate of drug-likeness (QED) is 0.426. The van der Waals surface area contributed by atoms with E-state index in [1.807, 2.05) is 36.5 Å². The fourth-order valence-corrected chi connectivity index (χ4v) is 5.30. The zero-order valence-corrected chi connectivity index (χ0v) is 21.2. The molecule has 2 aromatic heterocycles. The second-order valence-corrected chi connectivity index (χ2v) is 10.3. The summed E-state index contributed by atoms with van der Waals surface area (Å²) >= 11 is 6.11. The van der Waals surface area contributed by atoms with Crippen molar-refractivity contribution in [1.29, 1.82) is 0 Å². The highest BCUT2D eigenvalue weighted by Crippen LogP contribution is 2.30. The predicted octanol–water partition coefficient (Wildman–Crippen LogP) is 2.88. The molecule has 2 saturated heterocycles. The van der Waals surface area contributed by atoms with E-state index in [2.05, 4.69) is 30.1 Å². The molecule has 3 aromatic rings. The first-order chi connectivity index (χ1) is 17.5. The van der Waals surface area contributed by atoms with E-state index in [0.717, 1.165) is 87.6 Å². The van der Waals surface area contributed by atoms with Gasteiger partial charge in [0.25, 0.3) is 0 Å². The molecular formula is C26H34ClN7O2. The number of nitrogens with one attached hydrogen (secondary N) is 2. The molecule has 0 radical (unpaired) electrons. The number of rotatable bonds is 8. The van der Waals surface area contributed by atoms with Gasteiger partial charge in [-0.25, -0.2) is 9.97 Å². The summed E-state index contributed by atoms with van der Waals surface area (Å²) in [6.07, 6.45) is 6.01. The van der Waals surface area contributed by atoms with Crippen LogP contribution in [0.1, 0.15) is 37.3 Å². The van der Waals surface area contributed by atoms with Crippen molar-refractivity contribution >= 4 is 34.4 Å². The van der Waals surface area contributed by atoms with E-state index >= 15 is 0 Å². The molecule has 36 heavy (non-hydrogen) atoms. The number of ether oxygens (including phenoxy) is 1. The van der Waals surface area contributed by atoms with Gasteiger partial charge in [0.05, 0.1) is 24.6 Å². The molecule has 0 unspecified atom stereocenters. The maximum Gasteiger partial charge on any atom is 0.222 e. The number of fused-ring (bicyclic) bond motifs is 1. The molecule has 1 atom stereocenters. The fourth-order valence-electron chi connectivity index (χ4n) is 5.17. The Balaban J connectivity index is 1.19. The highest BCUT2D eigenvalue weighted by molar-refractivity contribution is 6.30. The number of carbonyl (C=O) groups excluding carboxylic acids is 1. The van der Waals surface area contributed by atoms with E-state index in [1.54, 1.807) is 6.33 Å². The van der Waals surface area contributed by atoms with Gasteiger partial charge in [0.15, 0.2) is 0 Å². The van der Waals surface area contributed by atoms with Crippen molar-refractivity contribution < 1.29 is 9.53 Å². The maximum absolute atomic E-state index is 13.2. The number of carbonyl (C=O) groups is 1. The van der Waals surface area contributed by atoms with Gasteiger partial charge in [-0.2, -0.15) is 0 Å². The van der Waals surface area contributed by atoms with Crippen LogP contribution in [0.3, 0.4) is 0 Å². The van der Waals surface area contributed by atoms with Crippen molar-refractivity contribution in [2.75, 3.05) is 50.8 Å². The van der Waals surface area contributed by atoms with Crippen LogP contribution in [-0.2, 0) is 9.53 Å². The number of nitrogens with zero attached hydrogens (tertiary/aromatic N) is 4. The number of aromatic amines is 1. The van der Waals surface area contributed by atoms with E-state index in [1.165, 1.54) is 0 Å². The zero-order chi connectivity index (χ0) is 25.0. The molecule has 0 bridgehead atoms. The van der Waals surface area contributed by atoms with Gasteiger partial charge in [-0.3, -0.25) is 9.69 Å². The predicted molar refractivity (Wildman–Crippen MR) is 141 cm³/mol. The Morgan fingerprint density at radius 2 is 1.89 bits per heavy atom. The minimum atomic E-state index is -0.542. The van der Waals surface area contributed by atoms with Gasteiger partial charge in [0, 0.05) is 55.9 Å². The second kappa shape index (κ2) is 11.1. The van der Waals surface area contributed by atoms with Gasteiger partial charge in [-0.05, 0) is 43.0 Å². The third-order valence-corrected chi connectivity index (χ3v) is 7.60. The number of morpholine rings is 1. The summed E-state index contributed by atoms with van der Waals surface area (Å²) < 4.78 is 5.47. The molecule has 10 heteroatoms. The lowest BCUT2D eigenvalue weighted by molar-refractivity contribution is -0.123. The highest BCUT2D eigenvalue weighted by atomic mass is 35.5. The van der Waals surface area contributed by atoms with Gasteiger partial charge < -0.3 is 25.7 Å². The average Bonchev–Trinajstić information content (AvgIpc) is 3.37. The minimum absolute atomic E-state index is 0.0112. The number of amides is 1. The third-order valence-electron chi connectivity index (χ3n) is 7.35. The van der Waals surface area contributed by atoms with Crippen LogP contribution >= 0.6 is 11.6 Å². The summed E-state index contributed by atoms with van der Waals surface area (Å²) in [5, 5.41) is 4.96. The number of H-pyrrole nitrogens is 1. The number of anilines is 1. The maximum atomic E-state index is 13.2. The van der Waals surface area contributed by atoms with Crippen LogP contribution in [-0.4, -0.2) is 77.2 Å². The van der Waals surface area contributed by atoms with Crippen molar-refractivity contribution in [2.45, 2.75) is 37.3 Å². The van der Waals surface area contributed by atoms with Crippen molar-refractivity contribution in [1.82, 2.24) is 25.2 Å². The summed E-state index contributed by atoms with van der Waals surface area (Å²) in [7, 11) is 0. The molecule has 9 nitrogen and oxygen atoms in total. The topological polar surface area (TPSA) is 112 Å². The Morgan fingerprint density at radius 3 is 2.64 bits per heavy atom. The highest BCUT2D eigenvalue weighted by Gasteiger charge is 2.34. The summed E-state index contributed by atoms with van der Waals surface area (Å²) in [6.45, 7) is 5.75. The van der Waals surface area contributed by atoms with E-state index in [0.29, 0.717) is 11.4 Å². The van der Waals surface area contributed by atoms with Crippen LogP contribution in [0.2, 0.25) is 5.02 Å².